The second kappa shape index (κ2) is 5.86. The van der Waals surface area contributed by atoms with Crippen LogP contribution in [0.5, 0.6) is 0 Å². The lowest BCUT2D eigenvalue weighted by Crippen LogP contribution is -2.19. The van der Waals surface area contributed by atoms with Gasteiger partial charge in [0.05, 0.1) is 11.8 Å². The van der Waals surface area contributed by atoms with Gasteiger partial charge < -0.3 is 0 Å². The van der Waals surface area contributed by atoms with E-state index in [9.17, 15) is 13.6 Å². The molecule has 0 spiro atoms. The fraction of sp³-hybridized carbons (Fsp3) is 0. The van der Waals surface area contributed by atoms with Gasteiger partial charge in [-0.2, -0.15) is 5.10 Å². The number of halogens is 2. The number of nitrogens with one attached hydrogen (secondary N) is 1. The van der Waals surface area contributed by atoms with Crippen molar-refractivity contribution < 1.29 is 13.6 Å². The van der Waals surface area contributed by atoms with E-state index < -0.39 is 17.5 Å². The summed E-state index contributed by atoms with van der Waals surface area (Å²) in [5.41, 5.74) is 2.25. The van der Waals surface area contributed by atoms with Crippen LogP contribution >= 0.6 is 0 Å². The van der Waals surface area contributed by atoms with Gasteiger partial charge in [0.1, 0.15) is 11.6 Å². The maximum atomic E-state index is 13.3. The van der Waals surface area contributed by atoms with Gasteiger partial charge in [0.15, 0.2) is 0 Å². The molecule has 0 saturated carbocycles. The molecule has 0 heterocycles. The highest BCUT2D eigenvalue weighted by atomic mass is 19.1. The summed E-state index contributed by atoms with van der Waals surface area (Å²) in [6.07, 6.45) is 1.16. The van der Waals surface area contributed by atoms with E-state index in [0.29, 0.717) is 0 Å². The Morgan fingerprint density at radius 2 is 1.63 bits per heavy atom. The Morgan fingerprint density at radius 1 is 1.00 bits per heavy atom. The summed E-state index contributed by atoms with van der Waals surface area (Å²) in [7, 11) is 0. The van der Waals surface area contributed by atoms with Crippen molar-refractivity contribution in [2.24, 2.45) is 5.10 Å². The zero-order chi connectivity index (χ0) is 13.7. The molecule has 2 aromatic carbocycles. The number of nitrogens with zero attached hydrogens (tertiary/aromatic N) is 1. The van der Waals surface area contributed by atoms with Crippen LogP contribution in [0.2, 0.25) is 0 Å². The van der Waals surface area contributed by atoms with Gasteiger partial charge in [0, 0.05) is 5.56 Å². The van der Waals surface area contributed by atoms with Gasteiger partial charge in [0.2, 0.25) is 0 Å². The number of benzene rings is 2. The van der Waals surface area contributed by atoms with Crippen LogP contribution in [0.3, 0.4) is 0 Å². The molecule has 0 aliphatic rings. The molecular formula is C14H10F2N2O. The van der Waals surface area contributed by atoms with E-state index >= 15 is 0 Å². The Labute approximate surface area is 108 Å². The largest absolute Gasteiger partial charge is 0.274 e. The van der Waals surface area contributed by atoms with Crippen molar-refractivity contribution >= 4 is 12.1 Å². The van der Waals surface area contributed by atoms with E-state index in [2.05, 4.69) is 10.5 Å². The number of carbonyl (C=O) groups is 1. The Morgan fingerprint density at radius 3 is 2.32 bits per heavy atom. The summed E-state index contributed by atoms with van der Waals surface area (Å²) in [4.78, 5) is 11.6. The molecule has 0 unspecified atom stereocenters. The number of hydrogen-bond donors (Lipinski definition) is 1. The first-order valence-corrected chi connectivity index (χ1v) is 5.51. The number of rotatable bonds is 3. The van der Waals surface area contributed by atoms with Crippen molar-refractivity contribution in [2.75, 3.05) is 0 Å². The summed E-state index contributed by atoms with van der Waals surface area (Å²) in [6.45, 7) is 0. The van der Waals surface area contributed by atoms with E-state index in [1.54, 1.807) is 18.2 Å². The third-order valence-electron chi connectivity index (χ3n) is 2.39. The SMILES string of the molecule is O=C(NN=Cc1ccccc1F)c1ccccc1F. The average molecular weight is 260 g/mol. The Bertz CT molecular complexity index is 626. The van der Waals surface area contributed by atoms with Crippen LogP contribution in [0, 0.1) is 11.6 Å². The molecule has 2 rings (SSSR count). The maximum Gasteiger partial charge on any atom is 0.274 e. The molecule has 0 aromatic heterocycles. The van der Waals surface area contributed by atoms with E-state index in [1.165, 1.54) is 30.3 Å². The van der Waals surface area contributed by atoms with Crippen LogP contribution in [0.25, 0.3) is 0 Å². The van der Waals surface area contributed by atoms with Crippen molar-refractivity contribution in [3.63, 3.8) is 0 Å². The summed E-state index contributed by atoms with van der Waals surface area (Å²) in [6, 6.07) is 11.5. The number of carbonyl (C=O) groups excluding carboxylic acids is 1. The zero-order valence-electron chi connectivity index (χ0n) is 9.81. The fourth-order valence-corrected chi connectivity index (χ4v) is 1.45. The van der Waals surface area contributed by atoms with E-state index in [4.69, 9.17) is 0 Å². The van der Waals surface area contributed by atoms with Crippen LogP contribution in [0.4, 0.5) is 8.78 Å². The molecule has 5 heteroatoms. The van der Waals surface area contributed by atoms with Crippen LogP contribution in [0.15, 0.2) is 53.6 Å². The molecule has 0 bridgehead atoms. The van der Waals surface area contributed by atoms with E-state index in [1.807, 2.05) is 0 Å². The predicted molar refractivity (Wildman–Crippen MR) is 67.9 cm³/mol. The van der Waals surface area contributed by atoms with Gasteiger partial charge in [-0.05, 0) is 18.2 Å². The minimum atomic E-state index is -0.689. The molecule has 96 valence electrons. The third kappa shape index (κ3) is 3.22. The summed E-state index contributed by atoms with van der Waals surface area (Å²) >= 11 is 0. The molecule has 1 N–H and O–H groups in total. The van der Waals surface area contributed by atoms with Gasteiger partial charge in [-0.25, -0.2) is 14.2 Å². The smallest absolute Gasteiger partial charge is 0.267 e. The van der Waals surface area contributed by atoms with Crippen molar-refractivity contribution in [3.8, 4) is 0 Å². The summed E-state index contributed by atoms with van der Waals surface area (Å²) in [5, 5.41) is 3.59. The molecule has 3 nitrogen and oxygen atoms in total. The zero-order valence-corrected chi connectivity index (χ0v) is 9.81. The van der Waals surface area contributed by atoms with Crippen LogP contribution in [-0.2, 0) is 0 Å². The monoisotopic (exact) mass is 260 g/mol. The van der Waals surface area contributed by atoms with Gasteiger partial charge in [-0.3, -0.25) is 4.79 Å². The highest BCUT2D eigenvalue weighted by Crippen LogP contribution is 2.06. The first-order chi connectivity index (χ1) is 9.18. The molecule has 0 radical (unpaired) electrons. The molecule has 0 fully saturated rings. The second-order valence-electron chi connectivity index (χ2n) is 3.70. The summed E-state index contributed by atoms with van der Waals surface area (Å²) < 4.78 is 26.5. The standard InChI is InChI=1S/C14H10F2N2O/c15-12-7-3-1-5-10(12)9-17-18-14(19)11-6-2-4-8-13(11)16/h1-9H,(H,18,19). The van der Waals surface area contributed by atoms with Crippen molar-refractivity contribution in [2.45, 2.75) is 0 Å². The molecule has 1 amide bonds. The third-order valence-corrected chi connectivity index (χ3v) is 2.39. The molecule has 0 aliphatic heterocycles. The topological polar surface area (TPSA) is 41.5 Å². The van der Waals surface area contributed by atoms with Gasteiger partial charge >= 0.3 is 0 Å². The van der Waals surface area contributed by atoms with Crippen LogP contribution in [0.1, 0.15) is 15.9 Å². The molecule has 0 atom stereocenters. The number of amides is 1. The average Bonchev–Trinajstić information content (AvgIpc) is 2.41. The summed E-state index contributed by atoms with van der Waals surface area (Å²) in [5.74, 6) is -1.78. The first-order valence-electron chi connectivity index (χ1n) is 5.51. The Balaban J connectivity index is 2.06. The highest BCUT2D eigenvalue weighted by Gasteiger charge is 2.09. The Hall–Kier alpha value is -2.56. The molecule has 0 saturated heterocycles. The van der Waals surface area contributed by atoms with Gasteiger partial charge in [-0.15, -0.1) is 0 Å². The lowest BCUT2D eigenvalue weighted by Gasteiger charge is -2.00. The quantitative estimate of drug-likeness (QED) is 0.669. The Kier molecular flexibility index (Phi) is 3.97. The molecular weight excluding hydrogens is 250 g/mol. The van der Waals surface area contributed by atoms with Crippen molar-refractivity contribution in [1.29, 1.82) is 0 Å². The van der Waals surface area contributed by atoms with Gasteiger partial charge in [0.25, 0.3) is 5.91 Å². The van der Waals surface area contributed by atoms with Crippen molar-refractivity contribution in [3.05, 3.63) is 71.3 Å². The fourth-order valence-electron chi connectivity index (χ4n) is 1.45. The van der Waals surface area contributed by atoms with Crippen LogP contribution in [-0.4, -0.2) is 12.1 Å². The highest BCUT2D eigenvalue weighted by molar-refractivity contribution is 5.95. The minimum absolute atomic E-state index is 0.117. The lowest BCUT2D eigenvalue weighted by molar-refractivity contribution is 0.0951. The van der Waals surface area contributed by atoms with E-state index in [0.717, 1.165) is 6.21 Å². The molecule has 2 aromatic rings. The number of hydrogen-bond acceptors (Lipinski definition) is 2. The minimum Gasteiger partial charge on any atom is -0.267 e. The number of hydrazone groups is 1. The second-order valence-corrected chi connectivity index (χ2v) is 3.70. The molecule has 0 aliphatic carbocycles. The van der Waals surface area contributed by atoms with Crippen molar-refractivity contribution in [1.82, 2.24) is 5.43 Å². The normalized spacial score (nSPS) is 10.6. The van der Waals surface area contributed by atoms with Gasteiger partial charge in [-0.1, -0.05) is 30.3 Å². The maximum absolute atomic E-state index is 13.3. The van der Waals surface area contributed by atoms with E-state index in [-0.39, 0.29) is 11.1 Å². The first kappa shape index (κ1) is 12.9. The van der Waals surface area contributed by atoms with Crippen LogP contribution < -0.4 is 5.43 Å². The predicted octanol–water partition coefficient (Wildman–Crippen LogP) is 2.73. The lowest BCUT2D eigenvalue weighted by atomic mass is 10.2. The molecule has 19 heavy (non-hydrogen) atoms.